The van der Waals surface area contributed by atoms with Gasteiger partial charge in [0.2, 0.25) is 5.91 Å². The number of aldehydes is 1. The first-order chi connectivity index (χ1) is 10.0. The maximum Gasteiger partial charge on any atom is 0.490 e. The van der Waals surface area contributed by atoms with E-state index in [2.05, 4.69) is 10.2 Å². The van der Waals surface area contributed by atoms with Crippen molar-refractivity contribution in [3.63, 3.8) is 0 Å². The maximum absolute atomic E-state index is 11.4. The van der Waals surface area contributed by atoms with E-state index in [0.29, 0.717) is 12.5 Å². The predicted octanol–water partition coefficient (Wildman–Crippen LogP) is 0.911. The monoisotopic (exact) mass is 326 g/mol. The predicted molar refractivity (Wildman–Crippen MR) is 72.1 cm³/mol. The van der Waals surface area contributed by atoms with Crippen LogP contribution in [0.2, 0.25) is 0 Å². The summed E-state index contributed by atoms with van der Waals surface area (Å²) in [5.41, 5.74) is 0. The Bertz CT molecular complexity index is 399. The molecule has 0 aromatic heterocycles. The van der Waals surface area contributed by atoms with Crippen molar-refractivity contribution in [1.29, 1.82) is 0 Å². The Balaban J connectivity index is 0.000000534. The van der Waals surface area contributed by atoms with Crippen molar-refractivity contribution >= 4 is 18.2 Å². The quantitative estimate of drug-likeness (QED) is 0.750. The molecule has 1 fully saturated rings. The summed E-state index contributed by atoms with van der Waals surface area (Å²) in [6, 6.07) is -0.0420. The number of carbonyl (C=O) groups excluding carboxylic acids is 2. The number of amides is 1. The highest BCUT2D eigenvalue weighted by Crippen LogP contribution is 2.21. The Morgan fingerprint density at radius 2 is 1.86 bits per heavy atom. The van der Waals surface area contributed by atoms with Gasteiger partial charge in [0.25, 0.3) is 0 Å². The lowest BCUT2D eigenvalue weighted by molar-refractivity contribution is -0.192. The van der Waals surface area contributed by atoms with Crippen LogP contribution in [-0.2, 0) is 14.4 Å². The van der Waals surface area contributed by atoms with Crippen molar-refractivity contribution in [2.24, 2.45) is 11.8 Å². The molecule has 1 aliphatic rings. The fourth-order valence-electron chi connectivity index (χ4n) is 2.14. The molecule has 0 radical (unpaired) electrons. The summed E-state index contributed by atoms with van der Waals surface area (Å²) in [5, 5.41) is 9.78. The van der Waals surface area contributed by atoms with Crippen LogP contribution in [0.4, 0.5) is 13.2 Å². The summed E-state index contributed by atoms with van der Waals surface area (Å²) >= 11 is 0. The number of nitrogens with zero attached hydrogens (tertiary/aromatic N) is 1. The van der Waals surface area contributed by atoms with E-state index in [9.17, 15) is 22.8 Å². The van der Waals surface area contributed by atoms with Crippen molar-refractivity contribution in [3.8, 4) is 0 Å². The first-order valence-corrected chi connectivity index (χ1v) is 6.75. The minimum Gasteiger partial charge on any atom is -0.475 e. The fraction of sp³-hybridized carbons (Fsp3) is 0.769. The van der Waals surface area contributed by atoms with E-state index in [1.54, 1.807) is 7.05 Å². The molecular weight excluding hydrogens is 305 g/mol. The Hall–Kier alpha value is -1.64. The zero-order chi connectivity index (χ0) is 17.5. The molecule has 0 aliphatic carbocycles. The van der Waals surface area contributed by atoms with Gasteiger partial charge in [-0.3, -0.25) is 9.69 Å². The van der Waals surface area contributed by atoms with E-state index in [-0.39, 0.29) is 17.9 Å². The molecular formula is C13H21F3N2O4. The number of hydrogen-bond acceptors (Lipinski definition) is 4. The van der Waals surface area contributed by atoms with E-state index in [1.807, 2.05) is 13.8 Å². The van der Waals surface area contributed by atoms with Gasteiger partial charge in [0.05, 0.1) is 12.0 Å². The van der Waals surface area contributed by atoms with Crippen LogP contribution in [0, 0.1) is 11.8 Å². The van der Waals surface area contributed by atoms with Crippen molar-refractivity contribution in [2.75, 3.05) is 20.1 Å². The van der Waals surface area contributed by atoms with Gasteiger partial charge in [-0.05, 0) is 18.9 Å². The second-order valence-corrected chi connectivity index (χ2v) is 5.27. The third-order valence-electron chi connectivity index (χ3n) is 3.32. The second-order valence-electron chi connectivity index (χ2n) is 5.27. The molecule has 1 rings (SSSR count). The number of halogens is 3. The zero-order valence-electron chi connectivity index (χ0n) is 12.7. The number of nitrogens with one attached hydrogen (secondary N) is 1. The number of rotatable bonds is 4. The third kappa shape index (κ3) is 6.42. The minimum absolute atomic E-state index is 0.0420. The largest absolute Gasteiger partial charge is 0.490 e. The van der Waals surface area contributed by atoms with Gasteiger partial charge in [-0.1, -0.05) is 13.8 Å². The Morgan fingerprint density at radius 3 is 2.18 bits per heavy atom. The van der Waals surface area contributed by atoms with Crippen molar-refractivity contribution in [1.82, 2.24) is 10.2 Å². The highest BCUT2D eigenvalue weighted by Gasteiger charge is 2.38. The van der Waals surface area contributed by atoms with E-state index in [1.165, 1.54) is 0 Å². The first-order valence-electron chi connectivity index (χ1n) is 6.75. The summed E-state index contributed by atoms with van der Waals surface area (Å²) < 4.78 is 31.7. The number of aliphatic carboxylic acids is 1. The van der Waals surface area contributed by atoms with Crippen LogP contribution in [0.3, 0.4) is 0 Å². The van der Waals surface area contributed by atoms with E-state index in [4.69, 9.17) is 9.90 Å². The molecule has 9 heteroatoms. The van der Waals surface area contributed by atoms with Crippen LogP contribution in [0.1, 0.15) is 20.3 Å². The van der Waals surface area contributed by atoms with Gasteiger partial charge in [0.15, 0.2) is 0 Å². The van der Waals surface area contributed by atoms with Gasteiger partial charge in [-0.25, -0.2) is 4.79 Å². The Kier molecular flexibility index (Phi) is 8.07. The SMILES string of the molecule is CNC(=O)C1CCN(C(C=O)C(C)C)C1.O=C(O)C(F)(F)F. The van der Waals surface area contributed by atoms with Crippen molar-refractivity contribution in [2.45, 2.75) is 32.5 Å². The molecule has 0 aromatic rings. The highest BCUT2D eigenvalue weighted by molar-refractivity contribution is 5.79. The molecule has 6 nitrogen and oxygen atoms in total. The molecule has 2 N–H and O–H groups in total. The average molecular weight is 326 g/mol. The fourth-order valence-corrected chi connectivity index (χ4v) is 2.14. The number of carbonyl (C=O) groups is 3. The van der Waals surface area contributed by atoms with Crippen LogP contribution < -0.4 is 5.32 Å². The summed E-state index contributed by atoms with van der Waals surface area (Å²) in [5.74, 6) is -2.31. The van der Waals surface area contributed by atoms with Gasteiger partial charge < -0.3 is 15.2 Å². The molecule has 0 aromatic carbocycles. The van der Waals surface area contributed by atoms with E-state index >= 15 is 0 Å². The van der Waals surface area contributed by atoms with Gasteiger partial charge in [-0.2, -0.15) is 13.2 Å². The van der Waals surface area contributed by atoms with Crippen LogP contribution >= 0.6 is 0 Å². The number of alkyl halides is 3. The summed E-state index contributed by atoms with van der Waals surface area (Å²) in [6.45, 7) is 5.62. The lowest BCUT2D eigenvalue weighted by Gasteiger charge is -2.25. The third-order valence-corrected chi connectivity index (χ3v) is 3.32. The van der Waals surface area contributed by atoms with Crippen LogP contribution in [0.15, 0.2) is 0 Å². The number of carboxylic acids is 1. The first kappa shape index (κ1) is 20.4. The standard InChI is InChI=1S/C11H20N2O2.C2HF3O2/c1-8(2)10(7-14)13-5-4-9(6-13)11(15)12-3;3-2(4,5)1(6)7/h7-10H,4-6H2,1-3H3,(H,12,15);(H,6,7). The normalized spacial score (nSPS) is 20.0. The summed E-state index contributed by atoms with van der Waals surface area (Å²) in [7, 11) is 1.66. The molecule has 2 unspecified atom stereocenters. The molecule has 1 saturated heterocycles. The van der Waals surface area contributed by atoms with Crippen molar-refractivity contribution in [3.05, 3.63) is 0 Å². The molecule has 0 bridgehead atoms. The van der Waals surface area contributed by atoms with Crippen LogP contribution in [0.5, 0.6) is 0 Å². The molecule has 0 saturated carbocycles. The zero-order valence-corrected chi connectivity index (χ0v) is 12.7. The van der Waals surface area contributed by atoms with E-state index in [0.717, 1.165) is 19.3 Å². The van der Waals surface area contributed by atoms with Crippen molar-refractivity contribution < 1.29 is 32.7 Å². The molecule has 1 amide bonds. The lowest BCUT2D eigenvalue weighted by Crippen LogP contribution is -2.39. The Morgan fingerprint density at radius 1 is 1.36 bits per heavy atom. The second kappa shape index (κ2) is 8.72. The van der Waals surface area contributed by atoms with Crippen LogP contribution in [0.25, 0.3) is 0 Å². The number of hydrogen-bond donors (Lipinski definition) is 2. The average Bonchev–Trinajstić information content (AvgIpc) is 2.87. The number of likely N-dealkylation sites (tertiary alicyclic amines) is 1. The van der Waals surface area contributed by atoms with Gasteiger partial charge in [0.1, 0.15) is 6.29 Å². The molecule has 128 valence electrons. The molecule has 2 atom stereocenters. The van der Waals surface area contributed by atoms with Gasteiger partial charge >= 0.3 is 12.1 Å². The highest BCUT2D eigenvalue weighted by atomic mass is 19.4. The molecule has 0 spiro atoms. The smallest absolute Gasteiger partial charge is 0.475 e. The molecule has 1 heterocycles. The van der Waals surface area contributed by atoms with Gasteiger partial charge in [0, 0.05) is 13.6 Å². The van der Waals surface area contributed by atoms with Gasteiger partial charge in [-0.15, -0.1) is 0 Å². The molecule has 1 aliphatic heterocycles. The molecule has 22 heavy (non-hydrogen) atoms. The summed E-state index contributed by atoms with van der Waals surface area (Å²) in [6.07, 6.45) is -3.23. The Labute approximate surface area is 126 Å². The summed E-state index contributed by atoms with van der Waals surface area (Å²) in [4.78, 5) is 33.4. The minimum atomic E-state index is -5.08. The number of carboxylic acid groups (broad SMARTS) is 1. The lowest BCUT2D eigenvalue weighted by atomic mass is 10.0. The maximum atomic E-state index is 11.4. The van der Waals surface area contributed by atoms with E-state index < -0.39 is 12.1 Å². The van der Waals surface area contributed by atoms with Crippen LogP contribution in [-0.4, -0.2) is 60.5 Å². The topological polar surface area (TPSA) is 86.7 Å².